The van der Waals surface area contributed by atoms with E-state index in [-0.39, 0.29) is 34.0 Å². The molecule has 9 nitrogen and oxygen atoms in total. The van der Waals surface area contributed by atoms with Crippen LogP contribution in [0.15, 0.2) is 49.2 Å². The number of aromatic nitrogens is 2. The third kappa shape index (κ3) is 4.81. The summed E-state index contributed by atoms with van der Waals surface area (Å²) in [7, 11) is 0. The van der Waals surface area contributed by atoms with Crippen molar-refractivity contribution in [2.45, 2.75) is 19.8 Å². The SMILES string of the molecule is CC(C)c1nc2ccc(Br)cc2c(=O)n1N=Cc1cc(Br)c(OCC#N)c([N+](=O)[O-])c1. The predicted molar refractivity (Wildman–Crippen MR) is 123 cm³/mol. The third-order valence-electron chi connectivity index (χ3n) is 4.20. The number of halogens is 2. The first-order valence-corrected chi connectivity index (χ1v) is 10.6. The van der Waals surface area contributed by atoms with Gasteiger partial charge in [-0.1, -0.05) is 29.8 Å². The lowest BCUT2D eigenvalue weighted by atomic mass is 10.2. The Morgan fingerprint density at radius 3 is 2.74 bits per heavy atom. The van der Waals surface area contributed by atoms with E-state index in [0.29, 0.717) is 22.3 Å². The molecule has 0 spiro atoms. The Kier molecular flexibility index (Phi) is 6.82. The van der Waals surface area contributed by atoms with Crippen LogP contribution in [0.1, 0.15) is 31.2 Å². The Bertz CT molecular complexity index is 1310. The molecule has 0 atom stereocenters. The number of nitro groups is 1. The highest BCUT2D eigenvalue weighted by Crippen LogP contribution is 2.36. The van der Waals surface area contributed by atoms with Gasteiger partial charge in [-0.15, -0.1) is 0 Å². The van der Waals surface area contributed by atoms with E-state index < -0.39 is 4.92 Å². The molecule has 0 aliphatic carbocycles. The molecule has 0 fully saturated rings. The standard InChI is InChI=1S/C20H15Br2N5O4/c1-11(2)19-25-16-4-3-13(21)9-14(16)20(28)26(19)24-10-12-7-15(22)18(31-6-5-23)17(8-12)27(29)30/h3-4,7-11H,6H2,1-2H3. The van der Waals surface area contributed by atoms with Crippen molar-refractivity contribution in [3.63, 3.8) is 0 Å². The topological polar surface area (TPSA) is 123 Å². The fourth-order valence-electron chi connectivity index (χ4n) is 2.83. The monoisotopic (exact) mass is 547 g/mol. The molecule has 158 valence electrons. The molecule has 0 bridgehead atoms. The number of fused-ring (bicyclic) bond motifs is 1. The zero-order chi connectivity index (χ0) is 22.7. The lowest BCUT2D eigenvalue weighted by molar-refractivity contribution is -0.385. The fourth-order valence-corrected chi connectivity index (χ4v) is 3.78. The molecule has 3 aromatic rings. The first kappa shape index (κ1) is 22.6. The van der Waals surface area contributed by atoms with Gasteiger partial charge in [0.05, 0.1) is 26.5 Å². The van der Waals surface area contributed by atoms with E-state index in [1.807, 2.05) is 13.8 Å². The molecule has 1 heterocycles. The van der Waals surface area contributed by atoms with Crippen LogP contribution in [0, 0.1) is 21.4 Å². The van der Waals surface area contributed by atoms with Gasteiger partial charge < -0.3 is 4.74 Å². The maximum absolute atomic E-state index is 13.1. The molecule has 0 N–H and O–H groups in total. The molecular formula is C20H15Br2N5O4. The molecule has 0 saturated carbocycles. The van der Waals surface area contributed by atoms with Crippen molar-refractivity contribution in [2.75, 3.05) is 6.61 Å². The zero-order valence-electron chi connectivity index (χ0n) is 16.4. The van der Waals surface area contributed by atoms with Crippen LogP contribution in [0.25, 0.3) is 10.9 Å². The van der Waals surface area contributed by atoms with Gasteiger partial charge >= 0.3 is 5.69 Å². The van der Waals surface area contributed by atoms with Crippen molar-refractivity contribution in [1.82, 2.24) is 9.66 Å². The first-order chi connectivity index (χ1) is 14.7. The van der Waals surface area contributed by atoms with Gasteiger partial charge in [0, 0.05) is 22.0 Å². The normalized spacial score (nSPS) is 11.2. The second-order valence-corrected chi connectivity index (χ2v) is 8.47. The molecule has 11 heteroatoms. The minimum Gasteiger partial charge on any atom is -0.471 e. The maximum atomic E-state index is 13.1. The van der Waals surface area contributed by atoms with E-state index in [0.717, 1.165) is 4.47 Å². The fraction of sp³-hybridized carbons (Fsp3) is 0.200. The van der Waals surface area contributed by atoms with E-state index in [9.17, 15) is 14.9 Å². The smallest absolute Gasteiger partial charge is 0.312 e. The Morgan fingerprint density at radius 2 is 2.10 bits per heavy atom. The molecule has 0 unspecified atom stereocenters. The first-order valence-electron chi connectivity index (χ1n) is 8.97. The van der Waals surface area contributed by atoms with Gasteiger partial charge in [0.15, 0.2) is 6.61 Å². The second kappa shape index (κ2) is 9.36. The van der Waals surface area contributed by atoms with Crippen LogP contribution >= 0.6 is 31.9 Å². The largest absolute Gasteiger partial charge is 0.471 e. The van der Waals surface area contributed by atoms with Crippen molar-refractivity contribution >= 4 is 54.7 Å². The van der Waals surface area contributed by atoms with Crippen LogP contribution in [0.2, 0.25) is 0 Å². The Hall–Kier alpha value is -3.10. The number of hydrogen-bond donors (Lipinski definition) is 0. The van der Waals surface area contributed by atoms with E-state index in [2.05, 4.69) is 41.9 Å². The van der Waals surface area contributed by atoms with Gasteiger partial charge in [0.25, 0.3) is 5.56 Å². The highest BCUT2D eigenvalue weighted by atomic mass is 79.9. The minimum atomic E-state index is -0.615. The zero-order valence-corrected chi connectivity index (χ0v) is 19.5. The average Bonchev–Trinajstić information content (AvgIpc) is 2.72. The predicted octanol–water partition coefficient (Wildman–Crippen LogP) is 4.74. The van der Waals surface area contributed by atoms with Gasteiger partial charge in [0.1, 0.15) is 11.9 Å². The molecule has 31 heavy (non-hydrogen) atoms. The van der Waals surface area contributed by atoms with Crippen molar-refractivity contribution in [2.24, 2.45) is 5.10 Å². The summed E-state index contributed by atoms with van der Waals surface area (Å²) in [5.41, 5.74) is 0.233. The number of nitrogens with zero attached hydrogens (tertiary/aromatic N) is 5. The van der Waals surface area contributed by atoms with Gasteiger partial charge in [-0.2, -0.15) is 15.0 Å². The summed E-state index contributed by atoms with van der Waals surface area (Å²) in [5.74, 6) is 0.306. The molecule has 2 aromatic carbocycles. The highest BCUT2D eigenvalue weighted by Gasteiger charge is 2.20. The molecule has 0 amide bonds. The van der Waals surface area contributed by atoms with Crippen LogP contribution in [0.3, 0.4) is 0 Å². The van der Waals surface area contributed by atoms with Gasteiger partial charge in [-0.05, 0) is 40.2 Å². The molecule has 0 aliphatic heterocycles. The summed E-state index contributed by atoms with van der Waals surface area (Å²) < 4.78 is 7.38. The lowest BCUT2D eigenvalue weighted by Crippen LogP contribution is -2.23. The molecule has 0 radical (unpaired) electrons. The Morgan fingerprint density at radius 1 is 1.35 bits per heavy atom. The summed E-state index contributed by atoms with van der Waals surface area (Å²) in [6.45, 7) is 3.45. The highest BCUT2D eigenvalue weighted by molar-refractivity contribution is 9.10. The summed E-state index contributed by atoms with van der Waals surface area (Å²) in [6.07, 6.45) is 1.34. The third-order valence-corrected chi connectivity index (χ3v) is 5.28. The number of ether oxygens (including phenoxy) is 1. The van der Waals surface area contributed by atoms with Crippen LogP contribution in [-0.2, 0) is 0 Å². The average molecular weight is 549 g/mol. The Balaban J connectivity index is 2.14. The van der Waals surface area contributed by atoms with E-state index >= 15 is 0 Å². The van der Waals surface area contributed by atoms with Gasteiger partial charge in [0.2, 0.25) is 5.75 Å². The van der Waals surface area contributed by atoms with Crippen LogP contribution in [-0.4, -0.2) is 27.4 Å². The molecule has 0 aliphatic rings. The van der Waals surface area contributed by atoms with Crippen LogP contribution in [0.5, 0.6) is 5.75 Å². The van der Waals surface area contributed by atoms with Crippen LogP contribution < -0.4 is 10.3 Å². The summed E-state index contributed by atoms with van der Waals surface area (Å²) in [5, 5.41) is 24.8. The molecule has 0 saturated heterocycles. The molecular weight excluding hydrogens is 534 g/mol. The second-order valence-electron chi connectivity index (χ2n) is 6.70. The quantitative estimate of drug-likeness (QED) is 0.249. The number of benzene rings is 2. The maximum Gasteiger partial charge on any atom is 0.312 e. The Labute approximate surface area is 193 Å². The molecule has 3 rings (SSSR count). The van der Waals surface area contributed by atoms with Crippen molar-refractivity contribution < 1.29 is 9.66 Å². The van der Waals surface area contributed by atoms with Crippen molar-refractivity contribution in [3.05, 3.63) is 71.1 Å². The van der Waals surface area contributed by atoms with Crippen molar-refractivity contribution in [3.8, 4) is 11.8 Å². The molecule has 1 aromatic heterocycles. The summed E-state index contributed by atoms with van der Waals surface area (Å²) >= 11 is 6.58. The summed E-state index contributed by atoms with van der Waals surface area (Å²) in [4.78, 5) is 28.5. The van der Waals surface area contributed by atoms with Crippen molar-refractivity contribution in [1.29, 1.82) is 5.26 Å². The van der Waals surface area contributed by atoms with Gasteiger partial charge in [-0.25, -0.2) is 4.98 Å². The number of nitro benzene ring substituents is 1. The van der Waals surface area contributed by atoms with E-state index in [1.165, 1.54) is 17.0 Å². The number of hydrogen-bond acceptors (Lipinski definition) is 7. The number of nitriles is 1. The minimum absolute atomic E-state index is 0.0547. The van der Waals surface area contributed by atoms with Crippen LogP contribution in [0.4, 0.5) is 5.69 Å². The summed E-state index contributed by atoms with van der Waals surface area (Å²) in [6, 6.07) is 9.80. The lowest BCUT2D eigenvalue weighted by Gasteiger charge is -2.12. The van der Waals surface area contributed by atoms with E-state index in [4.69, 9.17) is 10.00 Å². The number of rotatable bonds is 6. The van der Waals surface area contributed by atoms with E-state index in [1.54, 1.807) is 30.3 Å². The van der Waals surface area contributed by atoms with Gasteiger partial charge in [-0.3, -0.25) is 14.9 Å².